The van der Waals surface area contributed by atoms with Crippen molar-refractivity contribution >= 4 is 50.8 Å². The van der Waals surface area contributed by atoms with E-state index in [0.29, 0.717) is 23.0 Å². The highest BCUT2D eigenvalue weighted by Gasteiger charge is 2.36. The van der Waals surface area contributed by atoms with Gasteiger partial charge in [0.05, 0.1) is 18.6 Å². The molecule has 0 spiro atoms. The average molecular weight is 367 g/mol. The van der Waals surface area contributed by atoms with E-state index in [4.69, 9.17) is 11.6 Å². The van der Waals surface area contributed by atoms with Gasteiger partial charge in [0.1, 0.15) is 10.9 Å². The highest BCUT2D eigenvalue weighted by molar-refractivity contribution is 7.21. The lowest BCUT2D eigenvalue weighted by Gasteiger charge is -2.34. The van der Waals surface area contributed by atoms with Crippen LogP contribution in [0.4, 0.5) is 0 Å². The lowest BCUT2D eigenvalue weighted by atomic mass is 10.1. The van der Waals surface area contributed by atoms with E-state index in [1.54, 1.807) is 0 Å². The Balaban J connectivity index is 1.94. The molecule has 24 heavy (non-hydrogen) atoms. The van der Waals surface area contributed by atoms with E-state index in [-0.39, 0.29) is 18.2 Å². The number of carbonyl (C=O) groups is 3. The molecule has 0 aliphatic carbocycles. The van der Waals surface area contributed by atoms with Crippen molar-refractivity contribution in [3.05, 3.63) is 34.2 Å². The smallest absolute Gasteiger partial charge is 0.308 e. The zero-order valence-corrected chi connectivity index (χ0v) is 14.4. The summed E-state index contributed by atoms with van der Waals surface area (Å²) in [5, 5.41) is 3.85. The van der Waals surface area contributed by atoms with Crippen molar-refractivity contribution in [3.8, 4) is 0 Å². The number of rotatable bonds is 3. The number of fused-ring (bicyclic) bond motifs is 1. The Morgan fingerprint density at radius 2 is 2.17 bits per heavy atom. The predicted molar refractivity (Wildman–Crippen MR) is 91.3 cm³/mol. The third kappa shape index (κ3) is 2.97. The van der Waals surface area contributed by atoms with E-state index in [1.165, 1.54) is 23.3 Å². The fourth-order valence-electron chi connectivity index (χ4n) is 2.68. The number of amides is 2. The van der Waals surface area contributed by atoms with Crippen LogP contribution in [0.2, 0.25) is 5.02 Å². The van der Waals surface area contributed by atoms with Crippen LogP contribution in [-0.2, 0) is 14.3 Å². The number of hydrogen-bond donors (Lipinski definition) is 1. The van der Waals surface area contributed by atoms with Gasteiger partial charge in [0, 0.05) is 23.2 Å². The van der Waals surface area contributed by atoms with Gasteiger partial charge in [0.2, 0.25) is 5.91 Å². The van der Waals surface area contributed by atoms with E-state index in [1.807, 2.05) is 24.3 Å². The second kappa shape index (κ2) is 6.78. The number of benzene rings is 1. The molecule has 0 unspecified atom stereocenters. The highest BCUT2D eigenvalue weighted by Crippen LogP contribution is 2.36. The zero-order chi connectivity index (χ0) is 17.3. The summed E-state index contributed by atoms with van der Waals surface area (Å²) in [5.41, 5.74) is 0. The largest absolute Gasteiger partial charge is 0.469 e. The van der Waals surface area contributed by atoms with Crippen LogP contribution >= 0.6 is 22.9 Å². The number of nitrogens with one attached hydrogen (secondary N) is 1. The summed E-state index contributed by atoms with van der Waals surface area (Å²) in [6.45, 7) is 0.654. The fraction of sp³-hybridized carbons (Fsp3) is 0.312. The maximum absolute atomic E-state index is 12.9. The summed E-state index contributed by atoms with van der Waals surface area (Å²) < 4.78 is 5.53. The summed E-state index contributed by atoms with van der Waals surface area (Å²) in [5.74, 6) is -1.25. The molecular formula is C16H15ClN2O4S. The van der Waals surface area contributed by atoms with Crippen LogP contribution in [0.1, 0.15) is 16.1 Å². The molecule has 2 amide bonds. The summed E-state index contributed by atoms with van der Waals surface area (Å²) in [4.78, 5) is 38.4. The Bertz CT molecular complexity index is 820. The van der Waals surface area contributed by atoms with Gasteiger partial charge in [-0.15, -0.1) is 11.3 Å². The third-order valence-electron chi connectivity index (χ3n) is 3.91. The molecular weight excluding hydrogens is 352 g/mol. The molecule has 8 heteroatoms. The van der Waals surface area contributed by atoms with E-state index < -0.39 is 12.0 Å². The highest BCUT2D eigenvalue weighted by atomic mass is 35.5. The Labute approximate surface area is 147 Å². The topological polar surface area (TPSA) is 75.7 Å². The van der Waals surface area contributed by atoms with Crippen molar-refractivity contribution in [2.45, 2.75) is 12.5 Å². The SMILES string of the molecule is COC(=O)C[C@H]1C(=O)NCCN1C(=O)c1sc2ccccc2c1Cl. The number of carbonyl (C=O) groups excluding carboxylic acids is 3. The number of halogens is 1. The van der Waals surface area contributed by atoms with Crippen molar-refractivity contribution in [2.75, 3.05) is 20.2 Å². The molecule has 1 N–H and O–H groups in total. The van der Waals surface area contributed by atoms with E-state index >= 15 is 0 Å². The number of esters is 1. The van der Waals surface area contributed by atoms with E-state index in [9.17, 15) is 14.4 Å². The molecule has 2 aromatic rings. The van der Waals surface area contributed by atoms with E-state index in [2.05, 4.69) is 10.1 Å². The Morgan fingerprint density at radius 1 is 1.42 bits per heavy atom. The minimum absolute atomic E-state index is 0.184. The molecule has 6 nitrogen and oxygen atoms in total. The van der Waals surface area contributed by atoms with Crippen LogP contribution in [0, 0.1) is 0 Å². The molecule has 2 heterocycles. The van der Waals surface area contributed by atoms with Crippen molar-refractivity contribution in [3.63, 3.8) is 0 Å². The van der Waals surface area contributed by atoms with Crippen molar-refractivity contribution < 1.29 is 19.1 Å². The van der Waals surface area contributed by atoms with Gasteiger partial charge < -0.3 is 15.0 Å². The zero-order valence-electron chi connectivity index (χ0n) is 12.9. The molecule has 126 valence electrons. The minimum Gasteiger partial charge on any atom is -0.469 e. The first-order valence-corrected chi connectivity index (χ1v) is 8.55. The molecule has 1 aromatic heterocycles. The number of hydrogen-bond acceptors (Lipinski definition) is 5. The van der Waals surface area contributed by atoms with Gasteiger partial charge in [-0.2, -0.15) is 0 Å². The van der Waals surface area contributed by atoms with E-state index in [0.717, 1.165) is 10.1 Å². The van der Waals surface area contributed by atoms with Gasteiger partial charge in [0.15, 0.2) is 0 Å². The standard InChI is InChI=1S/C16H15ClN2O4S/c1-23-12(20)8-10-15(21)18-6-7-19(10)16(22)14-13(17)9-4-2-3-5-11(9)24-14/h2-5,10H,6-8H2,1H3,(H,18,21)/t10-/m0/s1. The lowest BCUT2D eigenvalue weighted by Crippen LogP contribution is -2.57. The van der Waals surface area contributed by atoms with Gasteiger partial charge in [-0.3, -0.25) is 14.4 Å². The number of piperazine rings is 1. The lowest BCUT2D eigenvalue weighted by molar-refractivity contribution is -0.145. The quantitative estimate of drug-likeness (QED) is 0.844. The van der Waals surface area contributed by atoms with Crippen LogP contribution in [-0.4, -0.2) is 48.9 Å². The van der Waals surface area contributed by atoms with Gasteiger partial charge in [-0.1, -0.05) is 29.8 Å². The third-order valence-corrected chi connectivity index (χ3v) is 5.57. The molecule has 0 bridgehead atoms. The van der Waals surface area contributed by atoms with Crippen LogP contribution in [0.5, 0.6) is 0 Å². The maximum Gasteiger partial charge on any atom is 0.308 e. The normalized spacial score (nSPS) is 17.7. The fourth-order valence-corrected chi connectivity index (χ4v) is 4.15. The van der Waals surface area contributed by atoms with Gasteiger partial charge in [-0.25, -0.2) is 0 Å². The molecule has 1 aromatic carbocycles. The molecule has 1 saturated heterocycles. The Hall–Kier alpha value is -2.12. The number of methoxy groups -OCH3 is 1. The summed E-state index contributed by atoms with van der Waals surface area (Å²) >= 11 is 7.64. The molecule has 1 aliphatic rings. The molecule has 3 rings (SSSR count). The van der Waals surface area contributed by atoms with Crippen molar-refractivity contribution in [2.24, 2.45) is 0 Å². The maximum atomic E-state index is 12.9. The van der Waals surface area contributed by atoms with Crippen LogP contribution in [0.3, 0.4) is 0 Å². The summed E-state index contributed by atoms with van der Waals surface area (Å²) in [6, 6.07) is 6.57. The van der Waals surface area contributed by atoms with Crippen LogP contribution < -0.4 is 5.32 Å². The molecule has 1 aliphatic heterocycles. The second-order valence-corrected chi connectivity index (χ2v) is 6.76. The Morgan fingerprint density at radius 3 is 2.88 bits per heavy atom. The first-order chi connectivity index (χ1) is 11.5. The summed E-state index contributed by atoms with van der Waals surface area (Å²) in [7, 11) is 1.25. The Kier molecular flexibility index (Phi) is 4.73. The molecule has 0 saturated carbocycles. The number of thiophene rings is 1. The van der Waals surface area contributed by atoms with Gasteiger partial charge in [-0.05, 0) is 6.07 Å². The first kappa shape index (κ1) is 16.7. The van der Waals surface area contributed by atoms with Crippen molar-refractivity contribution in [1.82, 2.24) is 10.2 Å². The summed E-state index contributed by atoms with van der Waals surface area (Å²) in [6.07, 6.45) is -0.184. The monoisotopic (exact) mass is 366 g/mol. The van der Waals surface area contributed by atoms with Crippen molar-refractivity contribution in [1.29, 1.82) is 0 Å². The molecule has 1 atom stereocenters. The number of nitrogens with zero attached hydrogens (tertiary/aromatic N) is 1. The van der Waals surface area contributed by atoms with Crippen LogP contribution in [0.25, 0.3) is 10.1 Å². The second-order valence-electron chi connectivity index (χ2n) is 5.33. The molecule has 0 radical (unpaired) electrons. The average Bonchev–Trinajstić information content (AvgIpc) is 2.93. The molecule has 1 fully saturated rings. The van der Waals surface area contributed by atoms with Gasteiger partial charge in [0.25, 0.3) is 5.91 Å². The first-order valence-electron chi connectivity index (χ1n) is 7.35. The van der Waals surface area contributed by atoms with Gasteiger partial charge >= 0.3 is 5.97 Å². The predicted octanol–water partition coefficient (Wildman–Crippen LogP) is 2.06. The van der Waals surface area contributed by atoms with Crippen LogP contribution in [0.15, 0.2) is 24.3 Å². The minimum atomic E-state index is -0.889. The number of ether oxygens (including phenoxy) is 1.